The zero-order valence-electron chi connectivity index (χ0n) is 16.9. The molecule has 0 amide bonds. The van der Waals surface area contributed by atoms with Gasteiger partial charge in [0.15, 0.2) is 0 Å². The summed E-state index contributed by atoms with van der Waals surface area (Å²) < 4.78 is 13.1. The fraction of sp³-hybridized carbons (Fsp3) is 0.174. The molecule has 1 atom stereocenters. The van der Waals surface area contributed by atoms with Gasteiger partial charge in [-0.05, 0) is 30.7 Å². The third-order valence-corrected chi connectivity index (χ3v) is 5.12. The highest BCUT2D eigenvalue weighted by molar-refractivity contribution is 6.30. The van der Waals surface area contributed by atoms with Crippen LogP contribution in [0.1, 0.15) is 24.1 Å². The first-order valence-corrected chi connectivity index (χ1v) is 10.1. The largest absolute Gasteiger partial charge is 0.489 e. The van der Waals surface area contributed by atoms with Gasteiger partial charge in [0.1, 0.15) is 31.3 Å². The summed E-state index contributed by atoms with van der Waals surface area (Å²) in [6.45, 7) is 5.88. The number of anilines is 1. The van der Waals surface area contributed by atoms with Crippen molar-refractivity contribution in [3.8, 4) is 5.75 Å². The predicted octanol–water partition coefficient (Wildman–Crippen LogP) is 4.53. The Kier molecular flexibility index (Phi) is 6.04. The van der Waals surface area contributed by atoms with E-state index in [9.17, 15) is 4.79 Å². The van der Waals surface area contributed by atoms with Crippen LogP contribution in [0, 0.1) is 0 Å². The van der Waals surface area contributed by atoms with E-state index in [1.54, 1.807) is 4.68 Å². The lowest BCUT2D eigenvalue weighted by molar-refractivity contribution is -0.138. The second-order valence-corrected chi connectivity index (χ2v) is 7.37. The Hall–Kier alpha value is -3.58. The number of nitrogens with one attached hydrogen (secondary N) is 1. The van der Waals surface area contributed by atoms with Gasteiger partial charge in [-0.25, -0.2) is 9.48 Å². The number of hydrogen-bond acceptors (Lipinski definition) is 6. The molecule has 0 radical (unpaired) electrons. The minimum absolute atomic E-state index is 0.112. The smallest absolute Gasteiger partial charge is 0.338 e. The van der Waals surface area contributed by atoms with Crippen molar-refractivity contribution in [1.29, 1.82) is 0 Å². The summed E-state index contributed by atoms with van der Waals surface area (Å²) in [4.78, 5) is 17.2. The molecule has 2 heterocycles. The summed E-state index contributed by atoms with van der Waals surface area (Å²) in [7, 11) is 0. The fourth-order valence-electron chi connectivity index (χ4n) is 3.43. The number of allylic oxidation sites excluding steroid dienone is 1. The number of nitrogens with zero attached hydrogens (tertiary/aromatic N) is 3. The van der Waals surface area contributed by atoms with Crippen molar-refractivity contribution in [2.24, 2.45) is 0 Å². The lowest BCUT2D eigenvalue weighted by atomic mass is 9.95. The monoisotopic (exact) mass is 436 g/mol. The van der Waals surface area contributed by atoms with Crippen LogP contribution >= 0.6 is 11.6 Å². The summed E-state index contributed by atoms with van der Waals surface area (Å²) in [6, 6.07) is 14.5. The van der Waals surface area contributed by atoms with Gasteiger partial charge in [0.05, 0.1) is 5.57 Å². The molecule has 31 heavy (non-hydrogen) atoms. The number of rotatable bonds is 7. The maximum absolute atomic E-state index is 12.9. The molecule has 0 saturated heterocycles. The van der Waals surface area contributed by atoms with Gasteiger partial charge >= 0.3 is 5.97 Å². The molecular weight excluding hydrogens is 416 g/mol. The van der Waals surface area contributed by atoms with Crippen molar-refractivity contribution < 1.29 is 14.3 Å². The van der Waals surface area contributed by atoms with Gasteiger partial charge in [0, 0.05) is 16.3 Å². The predicted molar refractivity (Wildman–Crippen MR) is 118 cm³/mol. The summed E-state index contributed by atoms with van der Waals surface area (Å²) in [5, 5.41) is 8.13. The minimum Gasteiger partial charge on any atom is -0.489 e. The standard InChI is InChI=1S/C23H21ClN4O3/c1-3-12-30-22(29)20-15(2)27-23-25-14-26-28(23)21(20)18-6-4-5-7-19(18)31-13-16-8-10-17(24)11-9-16/h3-11,14,21H,1,12-13H2,2H3,(H,25,26,27). The van der Waals surface area contributed by atoms with Crippen LogP contribution in [0.2, 0.25) is 5.02 Å². The van der Waals surface area contributed by atoms with Gasteiger partial charge in [-0.2, -0.15) is 10.1 Å². The van der Waals surface area contributed by atoms with E-state index in [-0.39, 0.29) is 6.61 Å². The molecule has 0 aliphatic carbocycles. The third kappa shape index (κ3) is 4.32. The van der Waals surface area contributed by atoms with E-state index in [1.807, 2.05) is 55.5 Å². The maximum Gasteiger partial charge on any atom is 0.338 e. The third-order valence-electron chi connectivity index (χ3n) is 4.87. The Morgan fingerprint density at radius 3 is 2.81 bits per heavy atom. The van der Waals surface area contributed by atoms with Gasteiger partial charge in [0.25, 0.3) is 0 Å². The molecule has 0 fully saturated rings. The molecule has 7 nitrogen and oxygen atoms in total. The van der Waals surface area contributed by atoms with Crippen LogP contribution in [-0.2, 0) is 16.1 Å². The van der Waals surface area contributed by atoms with Gasteiger partial charge in [-0.15, -0.1) is 0 Å². The first-order chi connectivity index (χ1) is 15.1. The number of fused-ring (bicyclic) bond motifs is 1. The Balaban J connectivity index is 1.71. The van der Waals surface area contributed by atoms with Crippen molar-refractivity contribution in [2.75, 3.05) is 11.9 Å². The number of para-hydroxylation sites is 1. The van der Waals surface area contributed by atoms with E-state index >= 15 is 0 Å². The van der Waals surface area contributed by atoms with Crippen LogP contribution in [0.3, 0.4) is 0 Å². The van der Waals surface area contributed by atoms with Crippen LogP contribution < -0.4 is 10.1 Å². The molecular formula is C23H21ClN4O3. The molecule has 4 rings (SSSR count). The van der Waals surface area contributed by atoms with E-state index in [0.717, 1.165) is 11.1 Å². The lowest BCUT2D eigenvalue weighted by Gasteiger charge is -2.29. The van der Waals surface area contributed by atoms with E-state index in [4.69, 9.17) is 21.1 Å². The van der Waals surface area contributed by atoms with Gasteiger partial charge in [0.2, 0.25) is 5.95 Å². The fourth-order valence-corrected chi connectivity index (χ4v) is 3.56. The van der Waals surface area contributed by atoms with E-state index < -0.39 is 12.0 Å². The van der Waals surface area contributed by atoms with Crippen molar-refractivity contribution in [2.45, 2.75) is 19.6 Å². The van der Waals surface area contributed by atoms with Gasteiger partial charge in [-0.1, -0.05) is 54.6 Å². The highest BCUT2D eigenvalue weighted by Gasteiger charge is 2.35. The number of hydrogen-bond donors (Lipinski definition) is 1. The summed E-state index contributed by atoms with van der Waals surface area (Å²) in [5.74, 6) is 0.714. The number of esters is 1. The summed E-state index contributed by atoms with van der Waals surface area (Å²) >= 11 is 5.97. The van der Waals surface area contributed by atoms with E-state index in [2.05, 4.69) is 22.0 Å². The summed E-state index contributed by atoms with van der Waals surface area (Å²) in [5.41, 5.74) is 2.83. The Morgan fingerprint density at radius 2 is 2.03 bits per heavy atom. The second kappa shape index (κ2) is 9.06. The van der Waals surface area contributed by atoms with Crippen LogP contribution in [0.15, 0.2) is 78.8 Å². The minimum atomic E-state index is -0.558. The molecule has 158 valence electrons. The number of benzene rings is 2. The number of aromatic nitrogens is 3. The number of carbonyl (C=O) groups excluding carboxylic acids is 1. The first-order valence-electron chi connectivity index (χ1n) is 9.70. The lowest BCUT2D eigenvalue weighted by Crippen LogP contribution is -2.30. The van der Waals surface area contributed by atoms with Crippen molar-refractivity contribution >= 4 is 23.5 Å². The molecule has 2 aromatic carbocycles. The number of carbonyl (C=O) groups is 1. The number of halogens is 1. The zero-order valence-corrected chi connectivity index (χ0v) is 17.7. The summed E-state index contributed by atoms with van der Waals surface area (Å²) in [6.07, 6.45) is 2.97. The molecule has 0 spiro atoms. The van der Waals surface area contributed by atoms with E-state index in [0.29, 0.717) is 34.6 Å². The molecule has 8 heteroatoms. The maximum atomic E-state index is 12.9. The molecule has 1 N–H and O–H groups in total. The first kappa shape index (κ1) is 20.7. The SMILES string of the molecule is C=CCOC(=O)C1=C(C)Nc2ncnn2C1c1ccccc1OCc1ccc(Cl)cc1. The Labute approximate surface area is 185 Å². The van der Waals surface area contributed by atoms with Crippen LogP contribution in [-0.4, -0.2) is 27.3 Å². The topological polar surface area (TPSA) is 78.3 Å². The number of ether oxygens (including phenoxy) is 2. The van der Waals surface area contributed by atoms with Crippen molar-refractivity contribution in [3.63, 3.8) is 0 Å². The molecule has 3 aromatic rings. The zero-order chi connectivity index (χ0) is 21.8. The quantitative estimate of drug-likeness (QED) is 0.433. The molecule has 0 saturated carbocycles. The molecule has 1 aliphatic heterocycles. The Bertz CT molecular complexity index is 1140. The van der Waals surface area contributed by atoms with Crippen molar-refractivity contribution in [1.82, 2.24) is 14.8 Å². The van der Waals surface area contributed by atoms with E-state index in [1.165, 1.54) is 12.4 Å². The van der Waals surface area contributed by atoms with Gasteiger partial charge in [-0.3, -0.25) is 0 Å². The normalized spacial score (nSPS) is 15.1. The van der Waals surface area contributed by atoms with Gasteiger partial charge < -0.3 is 14.8 Å². The highest BCUT2D eigenvalue weighted by atomic mass is 35.5. The molecule has 1 aromatic heterocycles. The van der Waals surface area contributed by atoms with Crippen molar-refractivity contribution in [3.05, 3.63) is 94.9 Å². The highest BCUT2D eigenvalue weighted by Crippen LogP contribution is 2.39. The second-order valence-electron chi connectivity index (χ2n) is 6.93. The average Bonchev–Trinajstić information content (AvgIpc) is 3.24. The molecule has 0 bridgehead atoms. The van der Waals surface area contributed by atoms with Crippen LogP contribution in [0.4, 0.5) is 5.95 Å². The Morgan fingerprint density at radius 1 is 1.26 bits per heavy atom. The molecule has 1 unspecified atom stereocenters. The molecule has 1 aliphatic rings. The van der Waals surface area contributed by atoms with Crippen LogP contribution in [0.5, 0.6) is 5.75 Å². The van der Waals surface area contributed by atoms with Crippen LogP contribution in [0.25, 0.3) is 0 Å². The average molecular weight is 437 g/mol.